The van der Waals surface area contributed by atoms with E-state index in [1.54, 1.807) is 31.5 Å². The number of halogens is 3. The highest BCUT2D eigenvalue weighted by atomic mass is 19.1. The van der Waals surface area contributed by atoms with Crippen LogP contribution in [0.15, 0.2) is 73.2 Å². The Morgan fingerprint density at radius 2 is 1.68 bits per heavy atom. The van der Waals surface area contributed by atoms with Gasteiger partial charge in [-0.1, -0.05) is 6.07 Å². The van der Waals surface area contributed by atoms with Gasteiger partial charge < -0.3 is 34.2 Å². The van der Waals surface area contributed by atoms with E-state index in [0.29, 0.717) is 34.8 Å². The standard InChI is InChI=1S/C34H35F3N6O4/c1-40-12-14-41(15-13-40)11-4-18-46-32-21-28-24(20-31(32)45-2)29(9-10-38-28)47-30-8-7-23(19-27(30)37)39-34(44)43-17-16-42(22-43)33-25(35)5-3-6-26(33)36/h3,5-10,16-17,19-21H,4,11-15,18,22H2,1-2H3,(H,39,44). The third kappa shape index (κ3) is 7.36. The summed E-state index contributed by atoms with van der Waals surface area (Å²) in [6.45, 7) is 5.59. The van der Waals surface area contributed by atoms with E-state index in [0.717, 1.165) is 57.3 Å². The molecule has 0 bridgehead atoms. The van der Waals surface area contributed by atoms with Gasteiger partial charge in [-0.05, 0) is 49.9 Å². The van der Waals surface area contributed by atoms with Gasteiger partial charge in [-0.3, -0.25) is 9.88 Å². The first-order valence-corrected chi connectivity index (χ1v) is 15.2. The van der Waals surface area contributed by atoms with Gasteiger partial charge in [0.25, 0.3) is 0 Å². The second-order valence-electron chi connectivity index (χ2n) is 11.3. The number of para-hydroxylation sites is 1. The second kappa shape index (κ2) is 14.2. The second-order valence-corrected chi connectivity index (χ2v) is 11.3. The highest BCUT2D eigenvalue weighted by molar-refractivity contribution is 5.91. The van der Waals surface area contributed by atoms with Gasteiger partial charge >= 0.3 is 6.03 Å². The lowest BCUT2D eigenvalue weighted by molar-refractivity contribution is 0.145. The molecule has 1 fully saturated rings. The molecule has 3 heterocycles. The number of urea groups is 1. The highest BCUT2D eigenvalue weighted by Crippen LogP contribution is 2.38. The first-order chi connectivity index (χ1) is 22.8. The van der Waals surface area contributed by atoms with Crippen LogP contribution in [0.3, 0.4) is 0 Å². The van der Waals surface area contributed by atoms with Gasteiger partial charge in [0.15, 0.2) is 23.1 Å². The van der Waals surface area contributed by atoms with E-state index in [-0.39, 0.29) is 23.8 Å². The Morgan fingerprint density at radius 1 is 0.894 bits per heavy atom. The number of methoxy groups -OCH3 is 1. The molecule has 10 nitrogen and oxygen atoms in total. The molecule has 0 atom stereocenters. The molecule has 0 unspecified atom stereocenters. The maximum atomic E-state index is 15.2. The van der Waals surface area contributed by atoms with Crippen LogP contribution in [0.1, 0.15) is 6.42 Å². The molecule has 6 rings (SSSR count). The Hall–Kier alpha value is -5.01. The summed E-state index contributed by atoms with van der Waals surface area (Å²) in [5.74, 6) is -0.877. The number of rotatable bonds is 10. The molecule has 13 heteroatoms. The zero-order chi connectivity index (χ0) is 32.9. The van der Waals surface area contributed by atoms with Gasteiger partial charge in [0.2, 0.25) is 0 Å². The number of aromatic nitrogens is 1. The maximum absolute atomic E-state index is 15.2. The fourth-order valence-electron chi connectivity index (χ4n) is 5.47. The number of nitrogens with one attached hydrogen (secondary N) is 1. The molecule has 2 amide bonds. The third-order valence-corrected chi connectivity index (χ3v) is 8.08. The van der Waals surface area contributed by atoms with E-state index in [4.69, 9.17) is 14.2 Å². The van der Waals surface area contributed by atoms with Crippen molar-refractivity contribution >= 4 is 28.3 Å². The van der Waals surface area contributed by atoms with E-state index < -0.39 is 23.5 Å². The molecule has 1 N–H and O–H groups in total. The van der Waals surface area contributed by atoms with Crippen molar-refractivity contribution in [2.24, 2.45) is 0 Å². The lowest BCUT2D eigenvalue weighted by Crippen LogP contribution is -2.44. The summed E-state index contributed by atoms with van der Waals surface area (Å²) in [7, 11) is 3.69. The number of piperazine rings is 1. The average Bonchev–Trinajstić information content (AvgIpc) is 3.55. The van der Waals surface area contributed by atoms with Crippen molar-refractivity contribution in [3.8, 4) is 23.0 Å². The zero-order valence-corrected chi connectivity index (χ0v) is 26.1. The number of carbonyl (C=O) groups excluding carboxylic acids is 1. The van der Waals surface area contributed by atoms with Crippen molar-refractivity contribution in [1.29, 1.82) is 0 Å². The van der Waals surface area contributed by atoms with Crippen LogP contribution in [0.5, 0.6) is 23.0 Å². The number of ether oxygens (including phenoxy) is 3. The van der Waals surface area contributed by atoms with Gasteiger partial charge in [0.1, 0.15) is 29.7 Å². The van der Waals surface area contributed by atoms with Crippen LogP contribution in [0, 0.1) is 17.5 Å². The van der Waals surface area contributed by atoms with Crippen LogP contribution in [0.2, 0.25) is 0 Å². The molecular formula is C34H35F3N6O4. The molecule has 3 aromatic carbocycles. The Morgan fingerprint density at radius 3 is 2.43 bits per heavy atom. The number of carbonyl (C=O) groups is 1. The monoisotopic (exact) mass is 648 g/mol. The van der Waals surface area contributed by atoms with Crippen LogP contribution in [-0.4, -0.2) is 85.9 Å². The summed E-state index contributed by atoms with van der Waals surface area (Å²) < 4.78 is 61.2. The summed E-state index contributed by atoms with van der Waals surface area (Å²) in [5, 5.41) is 3.19. The van der Waals surface area contributed by atoms with Gasteiger partial charge in [-0.25, -0.2) is 18.0 Å². The number of hydrogen-bond acceptors (Lipinski definition) is 8. The molecule has 47 heavy (non-hydrogen) atoms. The van der Waals surface area contributed by atoms with Crippen LogP contribution in [0.25, 0.3) is 10.9 Å². The van der Waals surface area contributed by atoms with Crippen LogP contribution in [0.4, 0.5) is 29.3 Å². The quantitative estimate of drug-likeness (QED) is 0.202. The Bertz CT molecular complexity index is 1760. The van der Waals surface area contributed by atoms with Gasteiger partial charge in [-0.2, -0.15) is 0 Å². The fourth-order valence-corrected chi connectivity index (χ4v) is 5.47. The van der Waals surface area contributed by atoms with Crippen molar-refractivity contribution in [2.75, 3.05) is 70.4 Å². The van der Waals surface area contributed by atoms with E-state index in [1.807, 2.05) is 0 Å². The molecule has 2 aliphatic heterocycles. The molecule has 2 aliphatic rings. The first-order valence-electron chi connectivity index (χ1n) is 15.2. The summed E-state index contributed by atoms with van der Waals surface area (Å²) in [6.07, 6.45) is 5.20. The zero-order valence-electron chi connectivity index (χ0n) is 26.1. The number of pyridine rings is 1. The molecule has 0 radical (unpaired) electrons. The van der Waals surface area contributed by atoms with Crippen molar-refractivity contribution in [3.63, 3.8) is 0 Å². The van der Waals surface area contributed by atoms with E-state index in [1.165, 1.54) is 40.4 Å². The number of benzene rings is 3. The summed E-state index contributed by atoms with van der Waals surface area (Å²) in [4.78, 5) is 24.5. The first kappa shape index (κ1) is 32.0. The lowest BCUT2D eigenvalue weighted by Gasteiger charge is -2.32. The van der Waals surface area contributed by atoms with Gasteiger partial charge in [0.05, 0.1) is 19.2 Å². The smallest absolute Gasteiger partial charge is 0.327 e. The van der Waals surface area contributed by atoms with E-state index in [2.05, 4.69) is 27.1 Å². The maximum Gasteiger partial charge on any atom is 0.327 e. The van der Waals surface area contributed by atoms with Crippen LogP contribution in [-0.2, 0) is 0 Å². The normalized spacial score (nSPS) is 15.3. The summed E-state index contributed by atoms with van der Waals surface area (Å²) in [6, 6.07) is 12.1. The molecule has 1 aromatic heterocycles. The third-order valence-electron chi connectivity index (χ3n) is 8.08. The Kier molecular flexibility index (Phi) is 9.64. The van der Waals surface area contributed by atoms with E-state index >= 15 is 4.39 Å². The number of nitrogens with zero attached hydrogens (tertiary/aromatic N) is 5. The lowest BCUT2D eigenvalue weighted by atomic mass is 10.1. The molecule has 246 valence electrons. The topological polar surface area (TPSA) is 82.6 Å². The number of fused-ring (bicyclic) bond motifs is 1. The van der Waals surface area contributed by atoms with Gasteiger partial charge in [-0.15, -0.1) is 0 Å². The molecular weight excluding hydrogens is 613 g/mol. The Balaban J connectivity index is 1.08. The largest absolute Gasteiger partial charge is 0.493 e. The van der Waals surface area contributed by atoms with Crippen molar-refractivity contribution in [3.05, 3.63) is 90.6 Å². The average molecular weight is 649 g/mol. The van der Waals surface area contributed by atoms with Crippen molar-refractivity contribution in [2.45, 2.75) is 6.42 Å². The van der Waals surface area contributed by atoms with E-state index in [9.17, 15) is 13.6 Å². The van der Waals surface area contributed by atoms with Crippen molar-refractivity contribution < 1.29 is 32.2 Å². The number of amides is 2. The predicted octanol–water partition coefficient (Wildman–Crippen LogP) is 6.25. The molecule has 4 aromatic rings. The number of likely N-dealkylation sites (N-methyl/N-ethyl adjacent to an activating group) is 1. The number of hydrogen-bond donors (Lipinski definition) is 1. The Labute approximate surface area is 270 Å². The van der Waals surface area contributed by atoms with Crippen LogP contribution < -0.4 is 24.4 Å². The minimum Gasteiger partial charge on any atom is -0.493 e. The molecule has 0 spiro atoms. The predicted molar refractivity (Wildman–Crippen MR) is 173 cm³/mol. The van der Waals surface area contributed by atoms with Crippen LogP contribution >= 0.6 is 0 Å². The fraction of sp³-hybridized carbons (Fsp3) is 0.294. The SMILES string of the molecule is COc1cc2c(Oc3ccc(NC(=O)N4C=CN(c5c(F)cccc5F)C4)cc3F)ccnc2cc1OCCCN1CCN(C)CC1. The van der Waals surface area contributed by atoms with Crippen molar-refractivity contribution in [1.82, 2.24) is 19.7 Å². The summed E-state index contributed by atoms with van der Waals surface area (Å²) in [5.41, 5.74) is 0.484. The molecule has 1 saturated heterocycles. The minimum atomic E-state index is -0.754. The highest BCUT2D eigenvalue weighted by Gasteiger charge is 2.24. The van der Waals surface area contributed by atoms with Gasteiger partial charge in [0, 0.05) is 74.5 Å². The molecule has 0 saturated carbocycles. The molecule has 0 aliphatic carbocycles. The minimum absolute atomic E-state index is 0.0685. The number of anilines is 2. The summed E-state index contributed by atoms with van der Waals surface area (Å²) >= 11 is 0.